The van der Waals surface area contributed by atoms with E-state index in [2.05, 4.69) is 36.1 Å². The van der Waals surface area contributed by atoms with Crippen molar-refractivity contribution in [2.45, 2.75) is 25.6 Å². The molecule has 0 saturated carbocycles. The Bertz CT molecular complexity index is 1680. The Morgan fingerprint density at radius 2 is 1.59 bits per heavy atom. The Morgan fingerprint density at radius 3 is 2.27 bits per heavy atom. The maximum Gasteiger partial charge on any atom is 0.245 e. The molecule has 6 rings (SSSR count). The lowest BCUT2D eigenvalue weighted by Crippen LogP contribution is -2.50. The number of hydrogen-bond donors (Lipinski definition) is 0. The highest BCUT2D eigenvalue weighted by Crippen LogP contribution is 2.31. The zero-order chi connectivity index (χ0) is 28.5. The summed E-state index contributed by atoms with van der Waals surface area (Å²) in [5.74, 6) is 1.06. The number of anilines is 1. The van der Waals surface area contributed by atoms with Crippen molar-refractivity contribution in [3.63, 3.8) is 0 Å². The molecule has 1 atom stereocenters. The predicted octanol–water partition coefficient (Wildman–Crippen LogP) is 5.79. The molecule has 9 heteroatoms. The van der Waals surface area contributed by atoms with E-state index in [1.54, 1.807) is 16.8 Å². The molecule has 208 valence electrons. The average Bonchev–Trinajstić information content (AvgIpc) is 3.34. The molecular weight excluding hydrogens is 539 g/mol. The molecule has 0 N–H and O–H groups in total. The Labute approximate surface area is 243 Å². The molecule has 5 aromatic rings. The fourth-order valence-corrected chi connectivity index (χ4v) is 5.51. The van der Waals surface area contributed by atoms with Crippen LogP contribution in [0.25, 0.3) is 16.7 Å². The number of amides is 1. The standard InChI is InChI=1S/C32H30ClFN6O/c1-21-8-10-23(11-9-21)20-27-35-30(28-22(2)37-40(31(28)36-27)26-14-12-25(34)13-15-26)38-16-18-39(19-17-38)32(41)29(33)24-6-4-3-5-7-24/h3-15,29H,16-20H2,1-2H3/t29-/m1/s1. The van der Waals surface area contributed by atoms with Gasteiger partial charge in [-0.3, -0.25) is 4.79 Å². The second-order valence-corrected chi connectivity index (χ2v) is 10.8. The van der Waals surface area contributed by atoms with Gasteiger partial charge in [0.05, 0.1) is 16.8 Å². The van der Waals surface area contributed by atoms with Crippen molar-refractivity contribution in [3.8, 4) is 5.69 Å². The number of fused-ring (bicyclic) bond motifs is 1. The molecule has 1 fully saturated rings. The van der Waals surface area contributed by atoms with Crippen LogP contribution in [-0.4, -0.2) is 56.7 Å². The highest BCUT2D eigenvalue weighted by atomic mass is 35.5. The van der Waals surface area contributed by atoms with Gasteiger partial charge in [-0.05, 0) is 49.2 Å². The van der Waals surface area contributed by atoms with E-state index >= 15 is 0 Å². The van der Waals surface area contributed by atoms with Crippen LogP contribution in [0.1, 0.15) is 33.6 Å². The first-order valence-corrected chi connectivity index (χ1v) is 14.1. The third kappa shape index (κ3) is 5.52. The Kier molecular flexibility index (Phi) is 7.41. The number of halogens is 2. The van der Waals surface area contributed by atoms with Gasteiger partial charge in [-0.25, -0.2) is 19.0 Å². The van der Waals surface area contributed by atoms with Crippen molar-refractivity contribution in [3.05, 3.63) is 113 Å². The molecule has 2 aromatic heterocycles. The smallest absolute Gasteiger partial charge is 0.245 e. The normalized spacial score (nSPS) is 14.4. The van der Waals surface area contributed by atoms with Crippen LogP contribution < -0.4 is 4.90 Å². The summed E-state index contributed by atoms with van der Waals surface area (Å²) < 4.78 is 15.5. The van der Waals surface area contributed by atoms with E-state index in [0.29, 0.717) is 44.1 Å². The molecule has 7 nitrogen and oxygen atoms in total. The first-order valence-electron chi connectivity index (χ1n) is 13.7. The lowest BCUT2D eigenvalue weighted by Gasteiger charge is -2.36. The molecular formula is C32H30ClFN6O. The lowest BCUT2D eigenvalue weighted by atomic mass is 10.1. The summed E-state index contributed by atoms with van der Waals surface area (Å²) in [6.07, 6.45) is 0.556. The van der Waals surface area contributed by atoms with E-state index in [4.69, 9.17) is 26.7 Å². The molecule has 0 aliphatic carbocycles. The number of benzene rings is 3. The largest absolute Gasteiger partial charge is 0.352 e. The van der Waals surface area contributed by atoms with Crippen molar-refractivity contribution in [1.29, 1.82) is 0 Å². The van der Waals surface area contributed by atoms with Crippen molar-refractivity contribution in [2.24, 2.45) is 0 Å². The summed E-state index contributed by atoms with van der Waals surface area (Å²) in [7, 11) is 0. The monoisotopic (exact) mass is 568 g/mol. The van der Waals surface area contributed by atoms with Crippen LogP contribution in [0, 0.1) is 19.7 Å². The van der Waals surface area contributed by atoms with Gasteiger partial charge in [0.1, 0.15) is 22.8 Å². The molecule has 1 aliphatic rings. The van der Waals surface area contributed by atoms with Crippen LogP contribution in [0.2, 0.25) is 0 Å². The fourth-order valence-electron chi connectivity index (χ4n) is 5.23. The van der Waals surface area contributed by atoms with Gasteiger partial charge in [0.2, 0.25) is 5.91 Å². The third-order valence-electron chi connectivity index (χ3n) is 7.48. The van der Waals surface area contributed by atoms with Gasteiger partial charge in [-0.15, -0.1) is 11.6 Å². The first kappa shape index (κ1) is 26.9. The zero-order valence-electron chi connectivity index (χ0n) is 23.0. The maximum atomic E-state index is 13.7. The van der Waals surface area contributed by atoms with Gasteiger partial charge < -0.3 is 9.80 Å². The number of carbonyl (C=O) groups is 1. The summed E-state index contributed by atoms with van der Waals surface area (Å²) in [6, 6.07) is 24.0. The first-order chi connectivity index (χ1) is 19.9. The minimum atomic E-state index is -0.717. The van der Waals surface area contributed by atoms with Crippen LogP contribution >= 0.6 is 11.6 Å². The summed E-state index contributed by atoms with van der Waals surface area (Å²) in [4.78, 5) is 27.2. The maximum absolute atomic E-state index is 13.7. The summed E-state index contributed by atoms with van der Waals surface area (Å²) in [6.45, 7) is 6.25. The summed E-state index contributed by atoms with van der Waals surface area (Å²) in [5.41, 5.74) is 5.27. The molecule has 0 unspecified atom stereocenters. The van der Waals surface area contributed by atoms with Gasteiger partial charge in [-0.2, -0.15) is 5.10 Å². The molecule has 1 amide bonds. The number of aryl methyl sites for hydroxylation is 2. The number of aromatic nitrogens is 4. The molecule has 0 bridgehead atoms. The average molecular weight is 569 g/mol. The number of piperazine rings is 1. The topological polar surface area (TPSA) is 67.2 Å². The molecule has 3 heterocycles. The SMILES string of the molecule is Cc1ccc(Cc2nc(N3CCN(C(=O)[C@H](Cl)c4ccccc4)CC3)c3c(C)nn(-c4ccc(F)cc4)c3n2)cc1. The van der Waals surface area contributed by atoms with Crippen LogP contribution in [0.5, 0.6) is 0 Å². The van der Waals surface area contributed by atoms with Gasteiger partial charge in [0.25, 0.3) is 0 Å². The molecule has 1 saturated heterocycles. The van der Waals surface area contributed by atoms with Crippen molar-refractivity contribution in [2.75, 3.05) is 31.1 Å². The predicted molar refractivity (Wildman–Crippen MR) is 159 cm³/mol. The lowest BCUT2D eigenvalue weighted by molar-refractivity contribution is -0.131. The highest BCUT2D eigenvalue weighted by Gasteiger charge is 2.29. The summed E-state index contributed by atoms with van der Waals surface area (Å²) in [5, 5.41) is 4.92. The second kappa shape index (κ2) is 11.3. The number of alkyl halides is 1. The number of carbonyl (C=O) groups excluding carboxylic acids is 1. The molecule has 41 heavy (non-hydrogen) atoms. The van der Waals surface area contributed by atoms with Gasteiger partial charge in [-0.1, -0.05) is 60.2 Å². The zero-order valence-corrected chi connectivity index (χ0v) is 23.7. The molecule has 1 aliphatic heterocycles. The van der Waals surface area contributed by atoms with Crippen LogP contribution in [0.3, 0.4) is 0 Å². The quantitative estimate of drug-likeness (QED) is 0.243. The van der Waals surface area contributed by atoms with E-state index in [9.17, 15) is 9.18 Å². The Morgan fingerprint density at radius 1 is 0.902 bits per heavy atom. The van der Waals surface area contributed by atoms with E-state index in [1.165, 1.54) is 17.7 Å². The molecule has 0 radical (unpaired) electrons. The van der Waals surface area contributed by atoms with Crippen LogP contribution in [0.4, 0.5) is 10.2 Å². The summed E-state index contributed by atoms with van der Waals surface area (Å²) >= 11 is 6.56. The molecule has 3 aromatic carbocycles. The highest BCUT2D eigenvalue weighted by molar-refractivity contribution is 6.30. The van der Waals surface area contributed by atoms with E-state index < -0.39 is 5.38 Å². The minimum Gasteiger partial charge on any atom is -0.352 e. The van der Waals surface area contributed by atoms with Crippen LogP contribution in [0.15, 0.2) is 78.9 Å². The minimum absolute atomic E-state index is 0.0919. The van der Waals surface area contributed by atoms with Crippen LogP contribution in [-0.2, 0) is 11.2 Å². The number of rotatable bonds is 6. The number of nitrogens with zero attached hydrogens (tertiary/aromatic N) is 6. The fraction of sp³-hybridized carbons (Fsp3) is 0.250. The van der Waals surface area contributed by atoms with E-state index in [0.717, 1.165) is 33.7 Å². The Hall–Kier alpha value is -4.30. The van der Waals surface area contributed by atoms with E-state index in [1.807, 2.05) is 42.2 Å². The third-order valence-corrected chi connectivity index (χ3v) is 7.92. The number of hydrogen-bond acceptors (Lipinski definition) is 5. The molecule has 0 spiro atoms. The Balaban J connectivity index is 1.33. The van der Waals surface area contributed by atoms with E-state index in [-0.39, 0.29) is 11.7 Å². The van der Waals surface area contributed by atoms with Gasteiger partial charge >= 0.3 is 0 Å². The van der Waals surface area contributed by atoms with Crippen molar-refractivity contribution >= 4 is 34.4 Å². The second-order valence-electron chi connectivity index (χ2n) is 10.4. The van der Waals surface area contributed by atoms with Crippen molar-refractivity contribution < 1.29 is 9.18 Å². The van der Waals surface area contributed by atoms with Gasteiger partial charge in [0.15, 0.2) is 5.65 Å². The van der Waals surface area contributed by atoms with Crippen molar-refractivity contribution in [1.82, 2.24) is 24.6 Å². The van der Waals surface area contributed by atoms with Gasteiger partial charge in [0, 0.05) is 32.6 Å².